The molecule has 0 bridgehead atoms. The van der Waals surface area contributed by atoms with Crippen LogP contribution >= 0.6 is 0 Å². The molecule has 32 heteroatoms. The average Bonchev–Trinajstić information content (AvgIpc) is 3.35. The van der Waals surface area contributed by atoms with Gasteiger partial charge in [0.15, 0.2) is 25.4 Å². The molecule has 0 saturated carbocycles. The predicted molar refractivity (Wildman–Crippen MR) is 278 cm³/mol. The third kappa shape index (κ3) is 14.5. The Kier molecular flexibility index (Phi) is 16.6. The summed E-state index contributed by atoms with van der Waals surface area (Å²) in [6.45, 7) is -1.58. The molecule has 10 N–H and O–H groups in total. The third-order valence-electron chi connectivity index (χ3n) is 10.3. The van der Waals surface area contributed by atoms with Crippen molar-refractivity contribution >= 4 is 130 Å². The van der Waals surface area contributed by atoms with Crippen molar-refractivity contribution in [2.75, 3.05) is 46.6 Å². The molecular formula is C44H40N12O15S5. The number of aromatic hydroxyl groups is 1. The first-order valence-corrected chi connectivity index (χ1v) is 28.8. The van der Waals surface area contributed by atoms with Crippen molar-refractivity contribution < 1.29 is 64.7 Å². The van der Waals surface area contributed by atoms with Gasteiger partial charge in [0.25, 0.3) is 10.0 Å². The van der Waals surface area contributed by atoms with Crippen molar-refractivity contribution in [3.63, 3.8) is 0 Å². The molecule has 0 aliphatic rings. The van der Waals surface area contributed by atoms with E-state index in [9.17, 15) is 47.2 Å². The van der Waals surface area contributed by atoms with Gasteiger partial charge >= 0.3 is 20.8 Å². The van der Waals surface area contributed by atoms with Gasteiger partial charge in [0.05, 0.1) is 84.6 Å². The van der Waals surface area contributed by atoms with Gasteiger partial charge < -0.3 is 22.3 Å². The molecule has 7 rings (SSSR count). The number of sulfonamides is 1. The normalized spacial score (nSPS) is 12.9. The van der Waals surface area contributed by atoms with E-state index in [1.807, 2.05) is 0 Å². The molecule has 0 unspecified atom stereocenters. The number of benzene rings is 7. The highest BCUT2D eigenvalue weighted by Gasteiger charge is 2.20. The highest BCUT2D eigenvalue weighted by Crippen LogP contribution is 2.43. The van der Waals surface area contributed by atoms with Crippen molar-refractivity contribution in [2.45, 2.75) is 14.7 Å². The van der Waals surface area contributed by atoms with Crippen LogP contribution in [0, 0.1) is 0 Å². The zero-order valence-electron chi connectivity index (χ0n) is 38.6. The van der Waals surface area contributed by atoms with Crippen LogP contribution in [0.4, 0.5) is 68.2 Å². The Morgan fingerprint density at radius 2 is 0.816 bits per heavy atom. The van der Waals surface area contributed by atoms with Crippen molar-refractivity contribution in [2.24, 2.45) is 40.9 Å². The molecule has 0 aliphatic heterocycles. The summed E-state index contributed by atoms with van der Waals surface area (Å²) in [5, 5.41) is 44.8. The second kappa shape index (κ2) is 22.7. The number of fused-ring (bicyclic) bond motifs is 1. The van der Waals surface area contributed by atoms with Gasteiger partial charge in [0.1, 0.15) is 22.7 Å². The largest absolute Gasteiger partial charge is 0.505 e. The maximum absolute atomic E-state index is 13.3. The van der Waals surface area contributed by atoms with Gasteiger partial charge in [-0.15, -0.1) is 20.5 Å². The molecule has 0 spiro atoms. The van der Waals surface area contributed by atoms with Crippen LogP contribution in [0.15, 0.2) is 189 Å². The topological polar surface area (TPSA) is 439 Å². The molecule has 7 aromatic rings. The number of nitrogens with zero attached hydrogens (tertiary/aromatic N) is 8. The Morgan fingerprint density at radius 3 is 1.28 bits per heavy atom. The van der Waals surface area contributed by atoms with Crippen LogP contribution in [0.25, 0.3) is 10.8 Å². The van der Waals surface area contributed by atoms with Crippen LogP contribution < -0.4 is 21.9 Å². The van der Waals surface area contributed by atoms with Crippen molar-refractivity contribution in [3.05, 3.63) is 133 Å². The van der Waals surface area contributed by atoms with E-state index in [1.165, 1.54) is 115 Å². The number of phenolic OH excluding ortho intramolecular Hbond substituents is 1. The standard InChI is InChI=1S/C44H40N12O15S5/c45-36-19-22-38(42(47)43(36)55-51-31-9-15-34(16-10-31)73(60,61)26-24-71-76(67,68)69)53-48-28-3-5-32(6-4-28)56-74(62,63)35-17-11-30(12-18-35)49-52-37-20-1-27-2-21-39(44(57)40(27)41(37)46)54-50-29-7-13-33(14-8-29)72(58,59)25-23-70-75(64,65)66/h1-22,56-57H,23-26,45-47H2,(H,64,65,66)(H,67,68,69)/b52-49+,53-48?,54-50+,55-51+. The lowest BCUT2D eigenvalue weighted by molar-refractivity contribution is 0.282. The Hall–Kier alpha value is -8.21. The maximum atomic E-state index is 13.3. The molecule has 0 heterocycles. The van der Waals surface area contributed by atoms with E-state index in [-0.39, 0.29) is 88.4 Å². The number of anilines is 4. The Morgan fingerprint density at radius 1 is 0.434 bits per heavy atom. The summed E-state index contributed by atoms with van der Waals surface area (Å²) in [6, 6.07) is 30.8. The minimum atomic E-state index is -4.81. The second-order valence-corrected chi connectivity index (χ2v) is 23.6. The zero-order valence-corrected chi connectivity index (χ0v) is 42.7. The van der Waals surface area contributed by atoms with E-state index in [2.05, 4.69) is 54.0 Å². The maximum Gasteiger partial charge on any atom is 0.397 e. The lowest BCUT2D eigenvalue weighted by Crippen LogP contribution is -2.15. The highest BCUT2D eigenvalue weighted by atomic mass is 32.3. The summed E-state index contributed by atoms with van der Waals surface area (Å²) in [5.74, 6) is -1.78. The molecule has 396 valence electrons. The molecule has 76 heavy (non-hydrogen) atoms. The number of azo groups is 4. The number of nitrogens with two attached hydrogens (primary N) is 3. The van der Waals surface area contributed by atoms with Crippen LogP contribution in [0.1, 0.15) is 0 Å². The molecule has 0 radical (unpaired) electrons. The first-order valence-electron chi connectivity index (χ1n) is 21.3. The Bertz CT molecular complexity index is 4040. The number of phenols is 1. The summed E-state index contributed by atoms with van der Waals surface area (Å²) < 4.78 is 147. The molecular weight excluding hydrogens is 1100 g/mol. The van der Waals surface area contributed by atoms with Crippen molar-refractivity contribution in [1.29, 1.82) is 0 Å². The minimum Gasteiger partial charge on any atom is -0.505 e. The van der Waals surface area contributed by atoms with Gasteiger partial charge in [-0.2, -0.15) is 37.3 Å². The quantitative estimate of drug-likeness (QED) is 0.0200. The number of rotatable bonds is 21. The lowest BCUT2D eigenvalue weighted by atomic mass is 10.1. The summed E-state index contributed by atoms with van der Waals surface area (Å²) in [4.78, 5) is -0.432. The zero-order chi connectivity index (χ0) is 55.1. The molecule has 0 aliphatic carbocycles. The summed E-state index contributed by atoms with van der Waals surface area (Å²) >= 11 is 0. The Balaban J connectivity index is 0.956. The Labute approximate surface area is 433 Å². The molecule has 0 aromatic heterocycles. The van der Waals surface area contributed by atoms with Gasteiger partial charge in [-0.3, -0.25) is 13.8 Å². The SMILES string of the molecule is Nc1ccc(N=Nc2ccc(NS(=O)(=O)c3ccc(/N=N/c4ccc5ccc(/N=N/c6ccc(S(=O)(=O)CCOS(=O)(=O)O)cc6)c(O)c5c4N)cc3)cc2)c(N)c1/N=N/c1ccc(S(=O)(=O)CCOS(=O)(=O)O)cc1. The van der Waals surface area contributed by atoms with E-state index < -0.39 is 75.2 Å². The molecule has 27 nitrogen and oxygen atoms in total. The van der Waals surface area contributed by atoms with Gasteiger partial charge in [0.2, 0.25) is 0 Å². The van der Waals surface area contributed by atoms with Crippen molar-refractivity contribution in [3.8, 4) is 5.75 Å². The number of sulfone groups is 2. The molecule has 0 amide bonds. The molecule has 0 atom stereocenters. The first-order chi connectivity index (χ1) is 35.8. The number of nitrogens with one attached hydrogen (secondary N) is 1. The lowest BCUT2D eigenvalue weighted by Gasteiger charge is -2.09. The summed E-state index contributed by atoms with van der Waals surface area (Å²) in [5.41, 5.74) is 20.5. The first kappa shape index (κ1) is 55.5. The fraction of sp³-hybridized carbons (Fsp3) is 0.0909. The molecule has 0 saturated heterocycles. The monoisotopic (exact) mass is 1140 g/mol. The molecule has 7 aromatic carbocycles. The predicted octanol–water partition coefficient (Wildman–Crippen LogP) is 8.94. The number of nitrogen functional groups attached to an aromatic ring is 3. The van der Waals surface area contributed by atoms with Gasteiger partial charge in [-0.05, 0) is 127 Å². The van der Waals surface area contributed by atoms with Crippen LogP contribution in [-0.4, -0.2) is 81.0 Å². The van der Waals surface area contributed by atoms with Crippen LogP contribution in [0.3, 0.4) is 0 Å². The minimum absolute atomic E-state index is 0.00927. The van der Waals surface area contributed by atoms with E-state index in [1.54, 1.807) is 18.2 Å². The van der Waals surface area contributed by atoms with Crippen molar-refractivity contribution in [1.82, 2.24) is 0 Å². The van der Waals surface area contributed by atoms with Crippen LogP contribution in [0.2, 0.25) is 0 Å². The van der Waals surface area contributed by atoms with Gasteiger partial charge in [-0.25, -0.2) is 33.6 Å². The molecule has 0 fully saturated rings. The summed E-state index contributed by atoms with van der Waals surface area (Å²) in [7, 11) is -21.6. The number of hydrogen-bond donors (Lipinski definition) is 7. The summed E-state index contributed by atoms with van der Waals surface area (Å²) in [6.07, 6.45) is 0. The third-order valence-corrected chi connectivity index (χ3v) is 16.0. The van der Waals surface area contributed by atoms with E-state index in [4.69, 9.17) is 26.3 Å². The van der Waals surface area contributed by atoms with E-state index >= 15 is 0 Å². The fourth-order valence-electron chi connectivity index (χ4n) is 6.50. The smallest absolute Gasteiger partial charge is 0.397 e. The average molecular weight is 1140 g/mol. The van der Waals surface area contributed by atoms with Crippen LogP contribution in [0.5, 0.6) is 5.75 Å². The van der Waals surface area contributed by atoms with Gasteiger partial charge in [-0.1, -0.05) is 12.1 Å². The van der Waals surface area contributed by atoms with E-state index in [0.29, 0.717) is 11.1 Å². The number of hydrogen-bond acceptors (Lipinski definition) is 24. The highest BCUT2D eigenvalue weighted by molar-refractivity contribution is 7.93. The second-order valence-electron chi connectivity index (χ2n) is 15.5. The van der Waals surface area contributed by atoms with Crippen LogP contribution in [-0.2, 0) is 58.9 Å². The fourth-order valence-corrected chi connectivity index (χ4v) is 10.5. The van der Waals surface area contributed by atoms with E-state index in [0.717, 1.165) is 0 Å². The van der Waals surface area contributed by atoms with Gasteiger partial charge in [0, 0.05) is 5.69 Å².